The fourth-order valence-corrected chi connectivity index (χ4v) is 3.79. The molecule has 8 heteroatoms. The number of likely N-dealkylation sites (tertiary alicyclic amines) is 1. The van der Waals surface area contributed by atoms with E-state index in [-0.39, 0.29) is 24.8 Å². The van der Waals surface area contributed by atoms with Crippen molar-refractivity contribution in [1.82, 2.24) is 10.2 Å². The van der Waals surface area contributed by atoms with E-state index in [9.17, 15) is 24.6 Å². The van der Waals surface area contributed by atoms with E-state index in [1.54, 1.807) is 0 Å². The number of nitrogens with one attached hydrogen (secondary N) is 1. The number of carboxylic acid groups (broad SMARTS) is 1. The SMILES string of the molecule is O=C1NC(C(=O)N2CC(O)C[C@H]2C(=O)O)CCCCCCC1CS. The first-order valence-electron chi connectivity index (χ1n) is 8.56. The highest BCUT2D eigenvalue weighted by Crippen LogP contribution is 2.22. The topological polar surface area (TPSA) is 107 Å². The molecule has 24 heavy (non-hydrogen) atoms. The Morgan fingerprint density at radius 1 is 1.21 bits per heavy atom. The molecule has 0 bridgehead atoms. The van der Waals surface area contributed by atoms with Gasteiger partial charge >= 0.3 is 5.97 Å². The standard InChI is InChI=1S/C16H26N2O5S/c19-11-7-13(16(22)23)18(8-11)15(21)12-6-4-2-1-3-5-10(9-24)14(20)17-12/h10-13,19,24H,1-9H2,(H,17,20)(H,22,23)/t10?,11?,12?,13-/m0/s1. The van der Waals surface area contributed by atoms with Crippen molar-refractivity contribution in [1.29, 1.82) is 0 Å². The molecule has 0 aromatic heterocycles. The lowest BCUT2D eigenvalue weighted by Gasteiger charge is -2.29. The number of carboxylic acids is 1. The number of aliphatic hydroxyl groups is 1. The summed E-state index contributed by atoms with van der Waals surface area (Å²) in [5, 5.41) is 21.8. The Labute approximate surface area is 147 Å². The molecule has 3 N–H and O–H groups in total. The quantitative estimate of drug-likeness (QED) is 0.547. The van der Waals surface area contributed by atoms with Crippen LogP contribution in [0.25, 0.3) is 0 Å². The number of amides is 2. The first kappa shape index (κ1) is 19.1. The van der Waals surface area contributed by atoms with Crippen LogP contribution in [0.15, 0.2) is 0 Å². The molecule has 2 saturated heterocycles. The number of hydrogen-bond acceptors (Lipinski definition) is 5. The summed E-state index contributed by atoms with van der Waals surface area (Å²) in [7, 11) is 0. The summed E-state index contributed by atoms with van der Waals surface area (Å²) in [5.74, 6) is -1.55. The molecule has 2 heterocycles. The summed E-state index contributed by atoms with van der Waals surface area (Å²) in [6.45, 7) is -0.00182. The van der Waals surface area contributed by atoms with Gasteiger partial charge < -0.3 is 20.4 Å². The molecule has 2 aliphatic rings. The number of carbonyl (C=O) groups is 3. The first-order chi connectivity index (χ1) is 11.4. The minimum atomic E-state index is -1.13. The van der Waals surface area contributed by atoms with Gasteiger partial charge in [0.15, 0.2) is 0 Å². The van der Waals surface area contributed by atoms with Gasteiger partial charge in [0.1, 0.15) is 12.1 Å². The second kappa shape index (κ2) is 8.71. The first-order valence-corrected chi connectivity index (χ1v) is 9.20. The molecule has 4 atom stereocenters. The van der Waals surface area contributed by atoms with Crippen LogP contribution >= 0.6 is 12.6 Å². The Balaban J connectivity index is 2.11. The average molecular weight is 358 g/mol. The van der Waals surface area contributed by atoms with E-state index in [1.807, 2.05) is 0 Å². The predicted octanol–water partition coefficient (Wildman–Crippen LogP) is 0.418. The van der Waals surface area contributed by atoms with Crippen LogP contribution in [0.4, 0.5) is 0 Å². The third-order valence-electron chi connectivity index (χ3n) is 4.85. The summed E-state index contributed by atoms with van der Waals surface area (Å²) >= 11 is 4.22. The van der Waals surface area contributed by atoms with Crippen LogP contribution in [0.1, 0.15) is 44.9 Å². The smallest absolute Gasteiger partial charge is 0.326 e. The summed E-state index contributed by atoms with van der Waals surface area (Å²) in [6, 6.07) is -1.76. The van der Waals surface area contributed by atoms with E-state index >= 15 is 0 Å². The van der Waals surface area contributed by atoms with Gasteiger partial charge in [0.05, 0.1) is 6.10 Å². The van der Waals surface area contributed by atoms with Crippen molar-refractivity contribution in [2.75, 3.05) is 12.3 Å². The van der Waals surface area contributed by atoms with Crippen LogP contribution in [-0.4, -0.2) is 63.4 Å². The van der Waals surface area contributed by atoms with E-state index in [4.69, 9.17) is 0 Å². The Bertz CT molecular complexity index is 487. The number of hydrogen-bond donors (Lipinski definition) is 4. The van der Waals surface area contributed by atoms with Crippen molar-refractivity contribution in [2.24, 2.45) is 5.92 Å². The van der Waals surface area contributed by atoms with E-state index in [0.29, 0.717) is 12.2 Å². The summed E-state index contributed by atoms with van der Waals surface area (Å²) in [4.78, 5) is 37.7. The number of nitrogens with zero attached hydrogens (tertiary/aromatic N) is 1. The van der Waals surface area contributed by atoms with Crippen molar-refractivity contribution in [3.63, 3.8) is 0 Å². The van der Waals surface area contributed by atoms with Crippen LogP contribution < -0.4 is 5.32 Å². The lowest BCUT2D eigenvalue weighted by molar-refractivity contribution is -0.149. The highest BCUT2D eigenvalue weighted by atomic mass is 32.1. The van der Waals surface area contributed by atoms with E-state index in [0.717, 1.165) is 32.1 Å². The minimum Gasteiger partial charge on any atom is -0.480 e. The molecule has 2 rings (SSSR count). The zero-order chi connectivity index (χ0) is 17.7. The monoisotopic (exact) mass is 358 g/mol. The van der Waals surface area contributed by atoms with Gasteiger partial charge in [-0.05, 0) is 12.8 Å². The van der Waals surface area contributed by atoms with Crippen molar-refractivity contribution in [2.45, 2.75) is 63.1 Å². The van der Waals surface area contributed by atoms with E-state index in [2.05, 4.69) is 17.9 Å². The highest BCUT2D eigenvalue weighted by Gasteiger charge is 2.41. The highest BCUT2D eigenvalue weighted by molar-refractivity contribution is 7.80. The molecule has 7 nitrogen and oxygen atoms in total. The molecule has 0 aromatic rings. The number of rotatable bonds is 3. The molecule has 0 aliphatic carbocycles. The van der Waals surface area contributed by atoms with Gasteiger partial charge in [0.25, 0.3) is 0 Å². The molecule has 0 aromatic carbocycles. The maximum atomic E-state index is 12.8. The Morgan fingerprint density at radius 3 is 2.50 bits per heavy atom. The summed E-state index contributed by atoms with van der Waals surface area (Å²) < 4.78 is 0. The van der Waals surface area contributed by atoms with Gasteiger partial charge in [-0.25, -0.2) is 4.79 Å². The van der Waals surface area contributed by atoms with Gasteiger partial charge in [-0.15, -0.1) is 0 Å². The zero-order valence-corrected chi connectivity index (χ0v) is 14.6. The molecule has 3 unspecified atom stereocenters. The molecular weight excluding hydrogens is 332 g/mol. The number of carbonyl (C=O) groups excluding carboxylic acids is 2. The molecule has 2 aliphatic heterocycles. The third kappa shape index (κ3) is 4.63. The van der Waals surface area contributed by atoms with Crippen LogP contribution in [0.5, 0.6) is 0 Å². The second-order valence-electron chi connectivity index (χ2n) is 6.67. The normalized spacial score (nSPS) is 32.2. The van der Waals surface area contributed by atoms with Crippen molar-refractivity contribution >= 4 is 30.4 Å². The maximum absolute atomic E-state index is 12.8. The van der Waals surface area contributed by atoms with Gasteiger partial charge in [-0.3, -0.25) is 9.59 Å². The number of β-amino-alcohol motifs (C(OH)–C–C–N with tert-alkyl or cyclic N) is 1. The van der Waals surface area contributed by atoms with Gasteiger partial charge in [0.2, 0.25) is 11.8 Å². The minimum absolute atomic E-state index is 0.00182. The Hall–Kier alpha value is -1.28. The Kier molecular flexibility index (Phi) is 6.91. The molecule has 0 saturated carbocycles. The average Bonchev–Trinajstić information content (AvgIpc) is 2.94. The van der Waals surface area contributed by atoms with Gasteiger partial charge in [0, 0.05) is 24.6 Å². The lowest BCUT2D eigenvalue weighted by Crippen LogP contribution is -2.53. The molecular formula is C16H26N2O5S. The maximum Gasteiger partial charge on any atom is 0.326 e. The van der Waals surface area contributed by atoms with E-state index < -0.39 is 30.1 Å². The number of aliphatic carboxylic acids is 1. The van der Waals surface area contributed by atoms with Crippen LogP contribution in [0.3, 0.4) is 0 Å². The number of thiol groups is 1. The van der Waals surface area contributed by atoms with Gasteiger partial charge in [-0.2, -0.15) is 12.6 Å². The fourth-order valence-electron chi connectivity index (χ4n) is 3.44. The predicted molar refractivity (Wildman–Crippen MR) is 90.7 cm³/mol. The molecule has 2 amide bonds. The van der Waals surface area contributed by atoms with Crippen molar-refractivity contribution in [3.8, 4) is 0 Å². The number of aliphatic hydroxyl groups excluding tert-OH is 1. The molecule has 2 fully saturated rings. The van der Waals surface area contributed by atoms with Crippen LogP contribution in [0.2, 0.25) is 0 Å². The third-order valence-corrected chi connectivity index (χ3v) is 5.29. The van der Waals surface area contributed by atoms with Crippen molar-refractivity contribution in [3.05, 3.63) is 0 Å². The Morgan fingerprint density at radius 2 is 1.88 bits per heavy atom. The lowest BCUT2D eigenvalue weighted by atomic mass is 9.97. The van der Waals surface area contributed by atoms with Crippen molar-refractivity contribution < 1.29 is 24.6 Å². The van der Waals surface area contributed by atoms with Gasteiger partial charge in [-0.1, -0.05) is 25.7 Å². The fraction of sp³-hybridized carbons (Fsp3) is 0.812. The van der Waals surface area contributed by atoms with Crippen LogP contribution in [0, 0.1) is 5.92 Å². The second-order valence-corrected chi connectivity index (χ2v) is 7.03. The molecule has 136 valence electrons. The van der Waals surface area contributed by atoms with Crippen LogP contribution in [-0.2, 0) is 14.4 Å². The summed E-state index contributed by atoms with van der Waals surface area (Å²) in [6.07, 6.45) is 4.19. The van der Waals surface area contributed by atoms with E-state index in [1.165, 1.54) is 4.90 Å². The largest absolute Gasteiger partial charge is 0.480 e. The summed E-state index contributed by atoms with van der Waals surface area (Å²) in [5.41, 5.74) is 0. The zero-order valence-electron chi connectivity index (χ0n) is 13.7. The molecule has 0 spiro atoms. The molecule has 0 radical (unpaired) electrons.